The Morgan fingerprint density at radius 2 is 1.50 bits per heavy atom. The van der Waals surface area contributed by atoms with Crippen molar-refractivity contribution in [2.75, 3.05) is 6.54 Å². The molecule has 184 valence electrons. The molecule has 0 aliphatic rings. The van der Waals surface area contributed by atoms with Gasteiger partial charge in [-0.2, -0.15) is 0 Å². The molecule has 0 aliphatic heterocycles. The van der Waals surface area contributed by atoms with Gasteiger partial charge in [0.25, 0.3) is 0 Å². The van der Waals surface area contributed by atoms with Crippen LogP contribution in [0.15, 0.2) is 54.6 Å². The summed E-state index contributed by atoms with van der Waals surface area (Å²) in [4.78, 5) is 40.3. The van der Waals surface area contributed by atoms with Crippen LogP contribution in [-0.4, -0.2) is 45.6 Å². The molecule has 8 heteroatoms. The Hall–Kier alpha value is -3.55. The van der Waals surface area contributed by atoms with E-state index < -0.39 is 35.1 Å². The Bertz CT molecular complexity index is 993. The van der Waals surface area contributed by atoms with Gasteiger partial charge in [0.05, 0.1) is 0 Å². The second-order valence-corrected chi connectivity index (χ2v) is 9.95. The fourth-order valence-electron chi connectivity index (χ4n) is 3.45. The number of benzene rings is 2. The molecule has 0 fully saturated rings. The van der Waals surface area contributed by atoms with Crippen LogP contribution >= 0.6 is 0 Å². The first kappa shape index (κ1) is 26.7. The summed E-state index contributed by atoms with van der Waals surface area (Å²) in [5.74, 6) is -1.06. The lowest BCUT2D eigenvalue weighted by Gasteiger charge is -2.41. The number of carbonyl (C=O) groups is 3. The maximum Gasteiger partial charge on any atom is 0.408 e. The highest BCUT2D eigenvalue weighted by atomic mass is 16.6. The number of ether oxygens (including phenoxy) is 1. The van der Waals surface area contributed by atoms with E-state index in [2.05, 4.69) is 10.6 Å². The van der Waals surface area contributed by atoms with Crippen LogP contribution in [0.4, 0.5) is 4.79 Å². The summed E-state index contributed by atoms with van der Waals surface area (Å²) in [6.07, 6.45) is -0.734. The summed E-state index contributed by atoms with van der Waals surface area (Å²) in [6, 6.07) is 14.7. The number of nitrogens with one attached hydrogen (secondary N) is 2. The van der Waals surface area contributed by atoms with Gasteiger partial charge in [0, 0.05) is 17.6 Å². The summed E-state index contributed by atoms with van der Waals surface area (Å²) in [6.45, 7) is 10.4. The van der Waals surface area contributed by atoms with E-state index >= 15 is 0 Å². The summed E-state index contributed by atoms with van der Waals surface area (Å²) >= 11 is 0. The first-order valence-corrected chi connectivity index (χ1v) is 11.2. The third kappa shape index (κ3) is 7.79. The smallest absolute Gasteiger partial charge is 0.408 e. The number of nitrogens with zero attached hydrogens (tertiary/aromatic N) is 1. The standard InChI is InChI=1S/C26H35N3O5/c1-25(2,3)29(21(31)17-28-24(33)34-26(4,5)6)22(19-14-10-11-15-20(19)30)23(32)27-16-18-12-8-7-9-13-18/h7-15,22,30H,16-17H2,1-6H3,(H,27,32)(H,28,33). The molecule has 0 saturated carbocycles. The average molecular weight is 470 g/mol. The molecule has 1 atom stereocenters. The maximum absolute atomic E-state index is 13.5. The zero-order valence-electron chi connectivity index (χ0n) is 20.7. The van der Waals surface area contributed by atoms with E-state index in [-0.39, 0.29) is 24.4 Å². The normalized spacial score (nSPS) is 12.4. The number of para-hydroxylation sites is 1. The van der Waals surface area contributed by atoms with E-state index in [9.17, 15) is 19.5 Å². The molecule has 1 unspecified atom stereocenters. The van der Waals surface area contributed by atoms with Gasteiger partial charge >= 0.3 is 6.09 Å². The monoisotopic (exact) mass is 469 g/mol. The van der Waals surface area contributed by atoms with Crippen LogP contribution in [0.3, 0.4) is 0 Å². The summed E-state index contributed by atoms with van der Waals surface area (Å²) in [5.41, 5.74) is -0.350. The van der Waals surface area contributed by atoms with Gasteiger partial charge in [-0.25, -0.2) is 4.79 Å². The SMILES string of the molecule is CC(C)(C)OC(=O)NCC(=O)N(C(C(=O)NCc1ccccc1)c1ccccc1O)C(C)(C)C. The first-order chi connectivity index (χ1) is 15.8. The van der Waals surface area contributed by atoms with Crippen molar-refractivity contribution in [2.45, 2.75) is 65.3 Å². The molecule has 34 heavy (non-hydrogen) atoms. The Kier molecular flexibility index (Phi) is 8.68. The van der Waals surface area contributed by atoms with Crippen LogP contribution in [0.1, 0.15) is 58.7 Å². The van der Waals surface area contributed by atoms with Gasteiger partial charge in [-0.05, 0) is 53.2 Å². The quantitative estimate of drug-likeness (QED) is 0.570. The molecule has 0 saturated heterocycles. The van der Waals surface area contributed by atoms with Crippen molar-refractivity contribution in [3.63, 3.8) is 0 Å². The molecule has 0 radical (unpaired) electrons. The fourth-order valence-corrected chi connectivity index (χ4v) is 3.45. The van der Waals surface area contributed by atoms with E-state index in [1.54, 1.807) is 59.7 Å². The van der Waals surface area contributed by atoms with Crippen LogP contribution < -0.4 is 10.6 Å². The second kappa shape index (κ2) is 11.0. The minimum Gasteiger partial charge on any atom is -0.508 e. The van der Waals surface area contributed by atoms with Crippen LogP contribution in [-0.2, 0) is 20.9 Å². The zero-order valence-corrected chi connectivity index (χ0v) is 20.7. The van der Waals surface area contributed by atoms with Gasteiger partial charge in [0.15, 0.2) is 0 Å². The number of hydrogen-bond acceptors (Lipinski definition) is 5. The average Bonchev–Trinajstić information content (AvgIpc) is 2.73. The molecule has 0 bridgehead atoms. The van der Waals surface area contributed by atoms with Crippen molar-refractivity contribution >= 4 is 17.9 Å². The Labute approximate surface area is 201 Å². The fraction of sp³-hybridized carbons (Fsp3) is 0.423. The highest BCUT2D eigenvalue weighted by Crippen LogP contribution is 2.33. The van der Waals surface area contributed by atoms with Crippen LogP contribution in [0.5, 0.6) is 5.75 Å². The minimum absolute atomic E-state index is 0.107. The molecular weight excluding hydrogens is 434 g/mol. The van der Waals surface area contributed by atoms with Gasteiger partial charge < -0.3 is 25.4 Å². The first-order valence-electron chi connectivity index (χ1n) is 11.2. The number of rotatable bonds is 7. The molecule has 3 N–H and O–H groups in total. The third-order valence-corrected chi connectivity index (χ3v) is 4.82. The molecule has 0 aliphatic carbocycles. The Balaban J connectivity index is 2.34. The summed E-state index contributed by atoms with van der Waals surface area (Å²) in [5, 5.41) is 15.9. The molecule has 0 spiro atoms. The number of carbonyl (C=O) groups excluding carboxylic acids is 3. The molecule has 2 aromatic carbocycles. The number of hydrogen-bond donors (Lipinski definition) is 3. The molecule has 0 aromatic heterocycles. The number of amides is 3. The highest BCUT2D eigenvalue weighted by molar-refractivity contribution is 5.91. The van der Waals surface area contributed by atoms with Crippen molar-refractivity contribution in [2.24, 2.45) is 0 Å². The van der Waals surface area contributed by atoms with Gasteiger partial charge in [-0.15, -0.1) is 0 Å². The summed E-state index contributed by atoms with van der Waals surface area (Å²) in [7, 11) is 0. The van der Waals surface area contributed by atoms with Crippen molar-refractivity contribution in [1.82, 2.24) is 15.5 Å². The van der Waals surface area contributed by atoms with Crippen molar-refractivity contribution in [3.8, 4) is 5.75 Å². The Morgan fingerprint density at radius 1 is 0.912 bits per heavy atom. The van der Waals surface area contributed by atoms with Gasteiger partial charge in [-0.3, -0.25) is 9.59 Å². The molecule has 2 aromatic rings. The van der Waals surface area contributed by atoms with E-state index in [1.807, 2.05) is 30.3 Å². The molecular formula is C26H35N3O5. The van der Waals surface area contributed by atoms with Crippen molar-refractivity contribution in [1.29, 1.82) is 0 Å². The topological polar surface area (TPSA) is 108 Å². The van der Waals surface area contributed by atoms with Crippen molar-refractivity contribution < 1.29 is 24.2 Å². The predicted molar refractivity (Wildman–Crippen MR) is 130 cm³/mol. The molecule has 0 heterocycles. The van der Waals surface area contributed by atoms with Crippen LogP contribution in [0, 0.1) is 0 Å². The largest absolute Gasteiger partial charge is 0.508 e. The van der Waals surface area contributed by atoms with Gasteiger partial charge in [0.1, 0.15) is 23.9 Å². The maximum atomic E-state index is 13.5. The Morgan fingerprint density at radius 3 is 2.06 bits per heavy atom. The number of aromatic hydroxyl groups is 1. The van der Waals surface area contributed by atoms with Gasteiger partial charge in [0.2, 0.25) is 11.8 Å². The molecule has 2 rings (SSSR count). The summed E-state index contributed by atoms with van der Waals surface area (Å²) < 4.78 is 5.21. The van der Waals surface area contributed by atoms with Crippen LogP contribution in [0.25, 0.3) is 0 Å². The number of alkyl carbamates (subject to hydrolysis) is 1. The van der Waals surface area contributed by atoms with E-state index in [0.29, 0.717) is 0 Å². The van der Waals surface area contributed by atoms with E-state index in [1.165, 1.54) is 11.0 Å². The molecule has 8 nitrogen and oxygen atoms in total. The third-order valence-electron chi connectivity index (χ3n) is 4.82. The highest BCUT2D eigenvalue weighted by Gasteiger charge is 2.39. The van der Waals surface area contributed by atoms with Crippen molar-refractivity contribution in [3.05, 3.63) is 65.7 Å². The number of phenolic OH excluding ortho intramolecular Hbond substituents is 1. The van der Waals surface area contributed by atoms with E-state index in [4.69, 9.17) is 4.74 Å². The molecule has 3 amide bonds. The van der Waals surface area contributed by atoms with Gasteiger partial charge in [-0.1, -0.05) is 48.5 Å². The lowest BCUT2D eigenvalue weighted by Crippen LogP contribution is -2.55. The second-order valence-electron chi connectivity index (χ2n) is 9.95. The van der Waals surface area contributed by atoms with E-state index in [0.717, 1.165) is 5.56 Å². The number of phenols is 1. The zero-order chi connectivity index (χ0) is 25.5. The predicted octanol–water partition coefficient (Wildman–Crippen LogP) is 3.90. The minimum atomic E-state index is -1.13. The van der Waals surface area contributed by atoms with Crippen LogP contribution in [0.2, 0.25) is 0 Å². The lowest BCUT2D eigenvalue weighted by molar-refractivity contribution is -0.146. The lowest BCUT2D eigenvalue weighted by atomic mass is 9.96.